The van der Waals surface area contributed by atoms with E-state index in [9.17, 15) is 14.4 Å². The topological polar surface area (TPSA) is 102 Å². The van der Waals surface area contributed by atoms with Gasteiger partial charge in [-0.3, -0.25) is 9.36 Å². The summed E-state index contributed by atoms with van der Waals surface area (Å²) < 4.78 is 6.61. The summed E-state index contributed by atoms with van der Waals surface area (Å²) >= 11 is 0. The number of para-hydroxylation sites is 1. The second-order valence-electron chi connectivity index (χ2n) is 6.75. The number of hydrogen-bond donors (Lipinski definition) is 2. The fraction of sp³-hybridized carbons (Fsp3) is 0.182. The lowest BCUT2D eigenvalue weighted by Gasteiger charge is -2.29. The summed E-state index contributed by atoms with van der Waals surface area (Å²) in [4.78, 5) is 42.4. The molecule has 0 radical (unpaired) electrons. The number of nitrogens with zero attached hydrogens (tertiary/aromatic N) is 2. The van der Waals surface area contributed by atoms with E-state index in [4.69, 9.17) is 4.74 Å². The second-order valence-corrected chi connectivity index (χ2v) is 6.75. The van der Waals surface area contributed by atoms with Crippen molar-refractivity contribution < 1.29 is 14.3 Å². The maximum Gasteiger partial charge on any atom is 0.338 e. The molecule has 1 atom stereocenters. The molecule has 0 aliphatic carbocycles. The molecule has 8 nitrogen and oxygen atoms in total. The maximum absolute atomic E-state index is 12.9. The zero-order valence-electron chi connectivity index (χ0n) is 16.3. The fourth-order valence-electron chi connectivity index (χ4n) is 3.48. The molecule has 1 aliphatic heterocycles. The number of allylic oxidation sites excluding steroid dienone is 1. The van der Waals surface area contributed by atoms with Gasteiger partial charge in [-0.15, -0.1) is 0 Å². The van der Waals surface area contributed by atoms with E-state index in [0.29, 0.717) is 16.6 Å². The summed E-state index contributed by atoms with van der Waals surface area (Å²) in [7, 11) is 0. The summed E-state index contributed by atoms with van der Waals surface area (Å²) in [6, 6.07) is 15.0. The fourth-order valence-corrected chi connectivity index (χ4v) is 3.48. The highest BCUT2D eigenvalue weighted by Crippen LogP contribution is 2.28. The Morgan fingerprint density at radius 1 is 1.10 bits per heavy atom. The minimum absolute atomic E-state index is 0.0262. The molecule has 3 aromatic rings. The number of ether oxygens (including phenoxy) is 1. The Bertz CT molecular complexity index is 1200. The Morgan fingerprint density at radius 2 is 1.83 bits per heavy atom. The number of rotatable bonds is 5. The minimum atomic E-state index is -0.696. The number of aromatic nitrogens is 2. The summed E-state index contributed by atoms with van der Waals surface area (Å²) in [5.74, 6) is -0.560. The Kier molecular flexibility index (Phi) is 5.30. The molecule has 2 amide bonds. The van der Waals surface area contributed by atoms with Crippen LogP contribution in [0.1, 0.15) is 18.5 Å². The van der Waals surface area contributed by atoms with E-state index < -0.39 is 18.0 Å². The van der Waals surface area contributed by atoms with E-state index in [0.717, 1.165) is 5.56 Å². The summed E-state index contributed by atoms with van der Waals surface area (Å²) in [5.41, 5.74) is 1.60. The minimum Gasteiger partial charge on any atom is -0.463 e. The second kappa shape index (κ2) is 8.20. The molecule has 30 heavy (non-hydrogen) atoms. The number of nitrogens with one attached hydrogen (secondary N) is 2. The van der Waals surface area contributed by atoms with Crippen molar-refractivity contribution in [3.63, 3.8) is 0 Å². The lowest BCUT2D eigenvalue weighted by molar-refractivity contribution is -0.139. The first kappa shape index (κ1) is 19.4. The standard InChI is InChI=1S/C22H20N4O4/c1-2-30-21(28)18-17(24-22(29)25-19(18)14-8-4-3-5-9-14)12-26-13-23-16-11-7-6-10-15(16)20(26)27/h3-11,13,19H,2,12H2,1H3,(H2,24,25,29)/t19-/m1/s1. The zero-order chi connectivity index (χ0) is 21.1. The monoisotopic (exact) mass is 404 g/mol. The van der Waals surface area contributed by atoms with Gasteiger partial charge >= 0.3 is 12.0 Å². The Hall–Kier alpha value is -3.94. The van der Waals surface area contributed by atoms with Gasteiger partial charge in [0.15, 0.2) is 0 Å². The van der Waals surface area contributed by atoms with Crippen molar-refractivity contribution in [2.75, 3.05) is 6.61 Å². The lowest BCUT2D eigenvalue weighted by Crippen LogP contribution is -2.47. The molecule has 0 bridgehead atoms. The predicted molar refractivity (Wildman–Crippen MR) is 111 cm³/mol. The molecule has 0 saturated carbocycles. The number of carbonyl (C=O) groups is 2. The van der Waals surface area contributed by atoms with Crippen molar-refractivity contribution in [1.29, 1.82) is 0 Å². The third-order valence-corrected chi connectivity index (χ3v) is 4.84. The third-order valence-electron chi connectivity index (χ3n) is 4.84. The molecule has 8 heteroatoms. The first-order chi connectivity index (χ1) is 14.6. The largest absolute Gasteiger partial charge is 0.463 e. The normalized spacial score (nSPS) is 16.2. The van der Waals surface area contributed by atoms with E-state index in [-0.39, 0.29) is 24.3 Å². The van der Waals surface area contributed by atoms with Gasteiger partial charge in [0, 0.05) is 0 Å². The van der Waals surface area contributed by atoms with Gasteiger partial charge < -0.3 is 15.4 Å². The molecule has 0 saturated heterocycles. The van der Waals surface area contributed by atoms with Crippen molar-refractivity contribution in [3.05, 3.63) is 88.1 Å². The van der Waals surface area contributed by atoms with Crippen LogP contribution >= 0.6 is 0 Å². The van der Waals surface area contributed by atoms with Crippen LogP contribution in [0.25, 0.3) is 10.9 Å². The van der Waals surface area contributed by atoms with Crippen molar-refractivity contribution in [2.24, 2.45) is 0 Å². The van der Waals surface area contributed by atoms with Crippen LogP contribution in [-0.4, -0.2) is 28.2 Å². The molecule has 2 aromatic carbocycles. The van der Waals surface area contributed by atoms with Crippen LogP contribution in [0.3, 0.4) is 0 Å². The molecule has 1 aliphatic rings. The van der Waals surface area contributed by atoms with E-state index in [1.54, 1.807) is 31.2 Å². The van der Waals surface area contributed by atoms with E-state index in [1.807, 2.05) is 30.3 Å². The predicted octanol–water partition coefficient (Wildman–Crippen LogP) is 2.27. The zero-order valence-corrected chi connectivity index (χ0v) is 16.3. The van der Waals surface area contributed by atoms with Gasteiger partial charge in [-0.1, -0.05) is 42.5 Å². The van der Waals surface area contributed by atoms with Gasteiger partial charge in [0.05, 0.1) is 47.7 Å². The Balaban J connectivity index is 1.83. The van der Waals surface area contributed by atoms with Crippen LogP contribution in [0.5, 0.6) is 0 Å². The molecular weight excluding hydrogens is 384 g/mol. The SMILES string of the molecule is CCOC(=O)C1=C(Cn2cnc3ccccc3c2=O)NC(=O)N[C@@H]1c1ccccc1. The van der Waals surface area contributed by atoms with Gasteiger partial charge in [-0.05, 0) is 24.6 Å². The highest BCUT2D eigenvalue weighted by Gasteiger charge is 2.33. The van der Waals surface area contributed by atoms with Gasteiger partial charge in [-0.2, -0.15) is 0 Å². The van der Waals surface area contributed by atoms with Gasteiger partial charge in [0.2, 0.25) is 0 Å². The molecule has 2 N–H and O–H groups in total. The van der Waals surface area contributed by atoms with Crippen molar-refractivity contribution in [2.45, 2.75) is 19.5 Å². The number of esters is 1. The highest BCUT2D eigenvalue weighted by atomic mass is 16.5. The van der Waals surface area contributed by atoms with Crippen LogP contribution in [0.15, 0.2) is 77.0 Å². The molecular formula is C22H20N4O4. The van der Waals surface area contributed by atoms with Crippen LogP contribution < -0.4 is 16.2 Å². The first-order valence-electron chi connectivity index (χ1n) is 9.55. The van der Waals surface area contributed by atoms with Crippen molar-refractivity contribution >= 4 is 22.9 Å². The van der Waals surface area contributed by atoms with Crippen LogP contribution in [-0.2, 0) is 16.1 Å². The number of urea groups is 1. The summed E-state index contributed by atoms with van der Waals surface area (Å²) in [6.07, 6.45) is 1.41. The third kappa shape index (κ3) is 3.67. The molecule has 0 unspecified atom stereocenters. The number of fused-ring (bicyclic) bond motifs is 1. The summed E-state index contributed by atoms with van der Waals surface area (Å²) in [6.45, 7) is 1.87. The molecule has 0 fully saturated rings. The first-order valence-corrected chi connectivity index (χ1v) is 9.55. The van der Waals surface area contributed by atoms with Crippen LogP contribution in [0.2, 0.25) is 0 Å². The smallest absolute Gasteiger partial charge is 0.338 e. The van der Waals surface area contributed by atoms with E-state index in [2.05, 4.69) is 15.6 Å². The van der Waals surface area contributed by atoms with Crippen LogP contribution in [0, 0.1) is 0 Å². The number of benzene rings is 2. The van der Waals surface area contributed by atoms with E-state index in [1.165, 1.54) is 10.9 Å². The molecule has 2 heterocycles. The van der Waals surface area contributed by atoms with Gasteiger partial charge in [0.25, 0.3) is 5.56 Å². The average molecular weight is 404 g/mol. The molecule has 0 spiro atoms. The highest BCUT2D eigenvalue weighted by molar-refractivity contribution is 5.95. The number of hydrogen-bond acceptors (Lipinski definition) is 5. The van der Waals surface area contributed by atoms with Gasteiger partial charge in [-0.25, -0.2) is 14.6 Å². The Morgan fingerprint density at radius 3 is 2.60 bits per heavy atom. The number of carbonyl (C=O) groups excluding carboxylic acids is 2. The van der Waals surface area contributed by atoms with E-state index >= 15 is 0 Å². The average Bonchev–Trinajstić information content (AvgIpc) is 2.76. The molecule has 4 rings (SSSR count). The van der Waals surface area contributed by atoms with Crippen molar-refractivity contribution in [1.82, 2.24) is 20.2 Å². The maximum atomic E-state index is 12.9. The van der Waals surface area contributed by atoms with Crippen LogP contribution in [0.4, 0.5) is 4.79 Å². The summed E-state index contributed by atoms with van der Waals surface area (Å²) in [5, 5.41) is 5.90. The van der Waals surface area contributed by atoms with Crippen molar-refractivity contribution in [3.8, 4) is 0 Å². The Labute approximate surface area is 172 Å². The molecule has 1 aromatic heterocycles. The lowest BCUT2D eigenvalue weighted by atomic mass is 9.95. The molecule has 152 valence electrons. The number of amides is 2. The van der Waals surface area contributed by atoms with Gasteiger partial charge in [0.1, 0.15) is 0 Å². The quantitative estimate of drug-likeness (QED) is 0.635.